The number of benzene rings is 3. The average molecular weight is 523 g/mol. The number of rotatable bonds is 5. The molecule has 1 unspecified atom stereocenters. The molecule has 9 heteroatoms. The summed E-state index contributed by atoms with van der Waals surface area (Å²) in [7, 11) is 2.73. The van der Waals surface area contributed by atoms with Crippen LogP contribution in [0.2, 0.25) is 10.0 Å². The van der Waals surface area contributed by atoms with Crippen LogP contribution in [0.4, 0.5) is 5.69 Å². The van der Waals surface area contributed by atoms with Gasteiger partial charge in [0.05, 0.1) is 48.1 Å². The van der Waals surface area contributed by atoms with Crippen molar-refractivity contribution in [1.82, 2.24) is 0 Å². The summed E-state index contributed by atoms with van der Waals surface area (Å²) in [5, 5.41) is 20.7. The van der Waals surface area contributed by atoms with Gasteiger partial charge in [-0.15, -0.1) is 0 Å². The van der Waals surface area contributed by atoms with E-state index in [1.807, 2.05) is 25.1 Å². The fourth-order valence-corrected chi connectivity index (χ4v) is 4.93. The summed E-state index contributed by atoms with van der Waals surface area (Å²) in [6, 6.07) is 15.9. The first kappa shape index (κ1) is 25.1. The van der Waals surface area contributed by atoms with Crippen LogP contribution in [0.15, 0.2) is 60.2 Å². The van der Waals surface area contributed by atoms with Crippen molar-refractivity contribution in [2.45, 2.75) is 13.0 Å². The Labute approximate surface area is 217 Å². The molecule has 36 heavy (non-hydrogen) atoms. The van der Waals surface area contributed by atoms with E-state index < -0.39 is 23.5 Å². The van der Waals surface area contributed by atoms with Crippen LogP contribution in [0, 0.1) is 18.3 Å². The van der Waals surface area contributed by atoms with Gasteiger partial charge in [-0.3, -0.25) is 14.5 Å². The number of aryl methyl sites for hydroxylation is 1. The number of Topliss-reactive ketones (excluding diaryl/α,β-unsaturated/α-hetero) is 1. The van der Waals surface area contributed by atoms with E-state index in [9.17, 15) is 14.7 Å². The van der Waals surface area contributed by atoms with Gasteiger partial charge in [-0.05, 0) is 42.8 Å². The van der Waals surface area contributed by atoms with Crippen LogP contribution < -0.4 is 14.4 Å². The summed E-state index contributed by atoms with van der Waals surface area (Å²) in [5.74, 6) is -2.06. The van der Waals surface area contributed by atoms with Gasteiger partial charge in [0, 0.05) is 5.69 Å². The maximum absolute atomic E-state index is 13.4. The van der Waals surface area contributed by atoms with Crippen molar-refractivity contribution in [3.63, 3.8) is 0 Å². The number of halogens is 2. The second kappa shape index (κ2) is 9.94. The smallest absolute Gasteiger partial charge is 0.300 e. The van der Waals surface area contributed by atoms with Crippen LogP contribution in [0.3, 0.4) is 0 Å². The number of nitriles is 1. The minimum absolute atomic E-state index is 0.00229. The van der Waals surface area contributed by atoms with Crippen LogP contribution in [0.25, 0.3) is 5.76 Å². The Morgan fingerprint density at radius 3 is 2.28 bits per heavy atom. The fraction of sp³-hybridized carbons (Fsp3) is 0.148. The van der Waals surface area contributed by atoms with Crippen LogP contribution in [-0.4, -0.2) is 31.0 Å². The monoisotopic (exact) mass is 522 g/mol. The zero-order valence-electron chi connectivity index (χ0n) is 19.5. The number of hydrogen-bond donors (Lipinski definition) is 1. The molecule has 1 aliphatic rings. The highest BCUT2D eigenvalue weighted by Crippen LogP contribution is 2.48. The Bertz CT molecular complexity index is 1460. The molecule has 1 fully saturated rings. The molecule has 0 aromatic heterocycles. The fourth-order valence-electron chi connectivity index (χ4n) is 4.24. The first-order valence-corrected chi connectivity index (χ1v) is 11.5. The summed E-state index contributed by atoms with van der Waals surface area (Å²) in [6.07, 6.45) is 0. The summed E-state index contributed by atoms with van der Waals surface area (Å²) in [6.45, 7) is 1.88. The summed E-state index contributed by atoms with van der Waals surface area (Å²) < 4.78 is 10.6. The quantitative estimate of drug-likeness (QED) is 0.257. The molecule has 1 saturated heterocycles. The number of amides is 1. The van der Waals surface area contributed by atoms with Crippen LogP contribution >= 0.6 is 23.2 Å². The van der Waals surface area contributed by atoms with Crippen molar-refractivity contribution >= 4 is 46.3 Å². The van der Waals surface area contributed by atoms with Gasteiger partial charge in [-0.25, -0.2) is 0 Å². The molecule has 3 aromatic rings. The Kier molecular flexibility index (Phi) is 6.93. The molecular formula is C27H20Cl2N2O5. The SMILES string of the molecule is COc1c(Cl)cc(/C(O)=C2\C(=O)C(=O)N(c3ccc(C#N)cc3)C2c2cccc(C)c2)c(OC)c1Cl. The largest absolute Gasteiger partial charge is 0.507 e. The Morgan fingerprint density at radius 2 is 1.69 bits per heavy atom. The van der Waals surface area contributed by atoms with E-state index >= 15 is 0 Å². The third-order valence-corrected chi connectivity index (χ3v) is 6.50. The third kappa shape index (κ3) is 4.15. The molecule has 1 amide bonds. The van der Waals surface area contributed by atoms with Gasteiger partial charge in [0.15, 0.2) is 11.5 Å². The summed E-state index contributed by atoms with van der Waals surface area (Å²) in [5.41, 5.74) is 2.15. The number of carbonyl (C=O) groups excluding carboxylic acids is 2. The molecule has 7 nitrogen and oxygen atoms in total. The number of nitrogens with zero attached hydrogens (tertiary/aromatic N) is 2. The number of aliphatic hydroxyl groups excluding tert-OH is 1. The lowest BCUT2D eigenvalue weighted by molar-refractivity contribution is -0.132. The van der Waals surface area contributed by atoms with E-state index in [0.717, 1.165) is 5.56 Å². The van der Waals surface area contributed by atoms with Crippen LogP contribution in [0.5, 0.6) is 11.5 Å². The topological polar surface area (TPSA) is 99.9 Å². The van der Waals surface area contributed by atoms with Crippen molar-refractivity contribution < 1.29 is 24.2 Å². The van der Waals surface area contributed by atoms with Crippen molar-refractivity contribution in [3.05, 3.63) is 92.5 Å². The Balaban J connectivity index is 2.01. The minimum atomic E-state index is -0.970. The highest BCUT2D eigenvalue weighted by Gasteiger charge is 2.47. The third-order valence-electron chi connectivity index (χ3n) is 5.87. The van der Waals surface area contributed by atoms with Gasteiger partial charge in [0.2, 0.25) is 0 Å². The van der Waals surface area contributed by atoms with Crippen molar-refractivity contribution in [2.24, 2.45) is 0 Å². The highest BCUT2D eigenvalue weighted by atomic mass is 35.5. The predicted octanol–water partition coefficient (Wildman–Crippen LogP) is 5.82. The zero-order chi connectivity index (χ0) is 26.1. The number of ketones is 1. The molecule has 0 spiro atoms. The van der Waals surface area contributed by atoms with Gasteiger partial charge in [-0.2, -0.15) is 5.26 Å². The molecule has 182 valence electrons. The van der Waals surface area contributed by atoms with E-state index in [1.54, 1.807) is 36.4 Å². The number of aliphatic hydroxyl groups is 1. The van der Waals surface area contributed by atoms with Gasteiger partial charge in [-0.1, -0.05) is 53.0 Å². The average Bonchev–Trinajstić information content (AvgIpc) is 3.14. The molecule has 0 bridgehead atoms. The van der Waals surface area contributed by atoms with Crippen molar-refractivity contribution in [1.29, 1.82) is 5.26 Å². The summed E-state index contributed by atoms with van der Waals surface area (Å²) >= 11 is 12.7. The molecule has 1 atom stereocenters. The number of hydrogen-bond acceptors (Lipinski definition) is 6. The second-order valence-corrected chi connectivity index (χ2v) is 8.81. The number of anilines is 1. The lowest BCUT2D eigenvalue weighted by Crippen LogP contribution is -2.29. The van der Waals surface area contributed by atoms with Crippen LogP contribution in [0.1, 0.15) is 28.3 Å². The first-order valence-electron chi connectivity index (χ1n) is 10.7. The minimum Gasteiger partial charge on any atom is -0.507 e. The van der Waals surface area contributed by atoms with Gasteiger partial charge in [0.25, 0.3) is 11.7 Å². The molecule has 0 aliphatic carbocycles. The lowest BCUT2D eigenvalue weighted by Gasteiger charge is -2.26. The molecule has 0 saturated carbocycles. The molecule has 1 N–H and O–H groups in total. The van der Waals surface area contributed by atoms with Gasteiger partial charge in [0.1, 0.15) is 10.8 Å². The van der Waals surface area contributed by atoms with Gasteiger partial charge < -0.3 is 14.6 Å². The normalized spacial score (nSPS) is 16.7. The molecule has 4 rings (SSSR count). The predicted molar refractivity (Wildman–Crippen MR) is 137 cm³/mol. The zero-order valence-corrected chi connectivity index (χ0v) is 21.0. The molecule has 3 aromatic carbocycles. The first-order chi connectivity index (χ1) is 17.2. The van der Waals surface area contributed by atoms with Gasteiger partial charge >= 0.3 is 0 Å². The number of carbonyl (C=O) groups is 2. The lowest BCUT2D eigenvalue weighted by atomic mass is 9.94. The maximum Gasteiger partial charge on any atom is 0.300 e. The Morgan fingerprint density at radius 1 is 1.03 bits per heavy atom. The standard InChI is InChI=1S/C27H20Cl2N2O5/c1-14-5-4-6-16(11-14)22-20(23(32)18-12-19(28)26(36-3)21(29)25(18)35-2)24(33)27(34)31(22)17-9-7-15(13-30)8-10-17/h4-12,22,32H,1-3H3/b23-20+. The van der Waals surface area contributed by atoms with E-state index in [-0.39, 0.29) is 32.7 Å². The molecular weight excluding hydrogens is 503 g/mol. The molecule has 1 aliphatic heterocycles. The second-order valence-electron chi connectivity index (χ2n) is 8.03. The van der Waals surface area contributed by atoms with E-state index in [0.29, 0.717) is 16.8 Å². The number of methoxy groups -OCH3 is 2. The molecule has 1 heterocycles. The van der Waals surface area contributed by atoms with E-state index in [1.165, 1.54) is 25.2 Å². The van der Waals surface area contributed by atoms with Crippen molar-refractivity contribution in [3.8, 4) is 17.6 Å². The van der Waals surface area contributed by atoms with Crippen molar-refractivity contribution in [2.75, 3.05) is 19.1 Å². The highest BCUT2D eigenvalue weighted by molar-refractivity contribution is 6.52. The van der Waals surface area contributed by atoms with E-state index in [2.05, 4.69) is 0 Å². The van der Waals surface area contributed by atoms with Crippen LogP contribution in [-0.2, 0) is 9.59 Å². The summed E-state index contributed by atoms with van der Waals surface area (Å²) in [4.78, 5) is 28.0. The molecule has 0 radical (unpaired) electrons. The Hall–Kier alpha value is -3.99. The number of ether oxygens (including phenoxy) is 2. The maximum atomic E-state index is 13.4. The van der Waals surface area contributed by atoms with E-state index in [4.69, 9.17) is 37.9 Å².